The van der Waals surface area contributed by atoms with Gasteiger partial charge in [0.05, 0.1) is 19.0 Å². The van der Waals surface area contributed by atoms with Crippen molar-refractivity contribution in [2.24, 2.45) is 5.73 Å². The van der Waals surface area contributed by atoms with Crippen LogP contribution in [-0.2, 0) is 25.6 Å². The van der Waals surface area contributed by atoms with Crippen LogP contribution in [0, 0.1) is 0 Å². The van der Waals surface area contributed by atoms with Gasteiger partial charge >= 0.3 is 5.97 Å². The minimum atomic E-state index is -1.26. The molecule has 1 aliphatic rings. The van der Waals surface area contributed by atoms with E-state index in [1.807, 2.05) is 0 Å². The Bertz CT molecular complexity index is 739. The van der Waals surface area contributed by atoms with Crippen molar-refractivity contribution < 1.29 is 29.4 Å². The van der Waals surface area contributed by atoms with Crippen LogP contribution < -0.4 is 16.4 Å². The number of nitrogens with one attached hydrogen (secondary N) is 3. The summed E-state index contributed by atoms with van der Waals surface area (Å²) in [7, 11) is 0. The van der Waals surface area contributed by atoms with Gasteiger partial charge in [-0.3, -0.25) is 19.2 Å². The molecule has 1 aliphatic heterocycles. The van der Waals surface area contributed by atoms with E-state index < -0.39 is 54.5 Å². The SMILES string of the molecule is CC(NC(=O)C1CCCN1C(=O)C(CO)NC(=O)C(N)Cc1cnc[nH]1)C(=O)O. The number of aliphatic hydroxyl groups is 1. The summed E-state index contributed by atoms with van der Waals surface area (Å²) in [4.78, 5) is 56.2. The fourth-order valence-electron chi connectivity index (χ4n) is 3.06. The number of likely N-dealkylation sites (tertiary alicyclic amines) is 1. The summed E-state index contributed by atoms with van der Waals surface area (Å²) < 4.78 is 0. The lowest BCUT2D eigenvalue weighted by molar-refractivity contribution is -0.145. The lowest BCUT2D eigenvalue weighted by atomic mass is 10.1. The van der Waals surface area contributed by atoms with Crippen LogP contribution in [0.2, 0.25) is 0 Å². The molecule has 160 valence electrons. The first-order valence-corrected chi connectivity index (χ1v) is 9.22. The van der Waals surface area contributed by atoms with E-state index in [0.717, 1.165) is 0 Å². The number of nitrogens with zero attached hydrogens (tertiary/aromatic N) is 2. The fourth-order valence-corrected chi connectivity index (χ4v) is 3.06. The molecule has 29 heavy (non-hydrogen) atoms. The molecule has 3 amide bonds. The molecule has 0 spiro atoms. The van der Waals surface area contributed by atoms with Gasteiger partial charge in [0.15, 0.2) is 0 Å². The maximum atomic E-state index is 12.8. The molecule has 12 nitrogen and oxygen atoms in total. The highest BCUT2D eigenvalue weighted by Crippen LogP contribution is 2.19. The Labute approximate surface area is 166 Å². The third-order valence-corrected chi connectivity index (χ3v) is 4.70. The summed E-state index contributed by atoms with van der Waals surface area (Å²) in [6.45, 7) is 0.905. The number of carboxylic acid groups (broad SMARTS) is 1. The number of amides is 3. The molecule has 0 aliphatic carbocycles. The third kappa shape index (κ3) is 5.74. The van der Waals surface area contributed by atoms with E-state index in [1.165, 1.54) is 24.3 Å². The van der Waals surface area contributed by atoms with E-state index in [2.05, 4.69) is 20.6 Å². The molecule has 4 atom stereocenters. The Morgan fingerprint density at radius 2 is 2.10 bits per heavy atom. The average molecular weight is 410 g/mol. The van der Waals surface area contributed by atoms with E-state index in [1.54, 1.807) is 0 Å². The minimum absolute atomic E-state index is 0.167. The van der Waals surface area contributed by atoms with Crippen LogP contribution in [0.25, 0.3) is 0 Å². The number of nitrogens with two attached hydrogens (primary N) is 1. The second-order valence-corrected chi connectivity index (χ2v) is 6.89. The first-order chi connectivity index (χ1) is 13.7. The number of hydrogen-bond donors (Lipinski definition) is 6. The van der Waals surface area contributed by atoms with Gasteiger partial charge in [-0.05, 0) is 19.8 Å². The van der Waals surface area contributed by atoms with Gasteiger partial charge in [-0.1, -0.05) is 0 Å². The Hall–Kier alpha value is -2.99. The maximum absolute atomic E-state index is 12.8. The van der Waals surface area contributed by atoms with Gasteiger partial charge in [0.2, 0.25) is 17.7 Å². The lowest BCUT2D eigenvalue weighted by Crippen LogP contribution is -2.57. The number of H-pyrrole nitrogens is 1. The second kappa shape index (κ2) is 9.98. The van der Waals surface area contributed by atoms with Crippen LogP contribution in [0.5, 0.6) is 0 Å². The number of imidazole rings is 1. The summed E-state index contributed by atoms with van der Waals surface area (Å²) >= 11 is 0. The van der Waals surface area contributed by atoms with Gasteiger partial charge in [-0.15, -0.1) is 0 Å². The number of carboxylic acids is 1. The Kier molecular flexibility index (Phi) is 7.67. The largest absolute Gasteiger partial charge is 0.480 e. The van der Waals surface area contributed by atoms with E-state index in [4.69, 9.17) is 10.8 Å². The lowest BCUT2D eigenvalue weighted by Gasteiger charge is -2.28. The molecule has 1 aromatic heterocycles. The zero-order valence-corrected chi connectivity index (χ0v) is 16.0. The molecule has 4 unspecified atom stereocenters. The molecule has 7 N–H and O–H groups in total. The summed E-state index contributed by atoms with van der Waals surface area (Å²) in [5.74, 6) is -3.05. The Balaban J connectivity index is 1.98. The third-order valence-electron chi connectivity index (χ3n) is 4.70. The van der Waals surface area contributed by atoms with E-state index in [9.17, 15) is 24.3 Å². The van der Waals surface area contributed by atoms with Crippen molar-refractivity contribution in [3.05, 3.63) is 18.2 Å². The molecule has 2 rings (SSSR count). The molecule has 0 aromatic carbocycles. The first-order valence-electron chi connectivity index (χ1n) is 9.22. The van der Waals surface area contributed by atoms with Crippen molar-refractivity contribution in [2.45, 2.75) is 50.4 Å². The smallest absolute Gasteiger partial charge is 0.325 e. The van der Waals surface area contributed by atoms with Crippen LogP contribution >= 0.6 is 0 Å². The molecule has 1 aromatic rings. The molecule has 0 saturated carbocycles. The topological polar surface area (TPSA) is 191 Å². The Morgan fingerprint density at radius 3 is 2.69 bits per heavy atom. The predicted molar refractivity (Wildman–Crippen MR) is 99.3 cm³/mol. The van der Waals surface area contributed by atoms with E-state index in [-0.39, 0.29) is 13.0 Å². The molecular weight excluding hydrogens is 384 g/mol. The second-order valence-electron chi connectivity index (χ2n) is 6.89. The number of carbonyl (C=O) groups excluding carboxylic acids is 3. The highest BCUT2D eigenvalue weighted by atomic mass is 16.4. The normalized spacial score (nSPS) is 19.3. The summed E-state index contributed by atoms with van der Waals surface area (Å²) in [5.41, 5.74) is 6.48. The number of aromatic amines is 1. The van der Waals surface area contributed by atoms with Crippen molar-refractivity contribution >= 4 is 23.7 Å². The van der Waals surface area contributed by atoms with Crippen LogP contribution in [0.1, 0.15) is 25.5 Å². The molecule has 12 heteroatoms. The summed E-state index contributed by atoms with van der Waals surface area (Å²) in [6, 6.07) is -4.20. The van der Waals surface area contributed by atoms with Crippen LogP contribution in [0.3, 0.4) is 0 Å². The number of carbonyl (C=O) groups is 4. The zero-order chi connectivity index (χ0) is 21.6. The highest BCUT2D eigenvalue weighted by molar-refractivity contribution is 5.94. The first kappa shape index (κ1) is 22.3. The minimum Gasteiger partial charge on any atom is -0.480 e. The van der Waals surface area contributed by atoms with E-state index >= 15 is 0 Å². The predicted octanol–water partition coefficient (Wildman–Crippen LogP) is -2.66. The van der Waals surface area contributed by atoms with E-state index in [0.29, 0.717) is 18.5 Å². The van der Waals surface area contributed by atoms with Gasteiger partial charge in [0, 0.05) is 24.9 Å². The fraction of sp³-hybridized carbons (Fsp3) is 0.588. The van der Waals surface area contributed by atoms with Crippen molar-refractivity contribution in [2.75, 3.05) is 13.2 Å². The zero-order valence-electron chi connectivity index (χ0n) is 16.0. The van der Waals surface area contributed by atoms with Gasteiger partial charge < -0.3 is 36.5 Å². The number of aromatic nitrogens is 2. The number of rotatable bonds is 9. The quantitative estimate of drug-likeness (QED) is 0.254. The molecular formula is C17H26N6O6. The van der Waals surface area contributed by atoms with Gasteiger partial charge in [0.25, 0.3) is 0 Å². The summed E-state index contributed by atoms with van der Waals surface area (Å²) in [6.07, 6.45) is 4.03. The maximum Gasteiger partial charge on any atom is 0.325 e. The van der Waals surface area contributed by atoms with Crippen molar-refractivity contribution in [3.8, 4) is 0 Å². The van der Waals surface area contributed by atoms with Crippen LogP contribution in [-0.4, -0.2) is 86.1 Å². The van der Waals surface area contributed by atoms with Gasteiger partial charge in [-0.25, -0.2) is 4.98 Å². The standard InChI is InChI=1S/C17H26N6O6/c1-9(17(28)29)21-15(26)13-3-2-4-23(13)16(27)12(7-24)22-14(25)11(18)5-10-6-19-8-20-10/h6,8-9,11-13,24H,2-5,7,18H2,1H3,(H,19,20)(H,21,26)(H,22,25)(H,28,29). The summed E-state index contributed by atoms with van der Waals surface area (Å²) in [5, 5.41) is 23.3. The van der Waals surface area contributed by atoms with Crippen molar-refractivity contribution in [1.82, 2.24) is 25.5 Å². The Morgan fingerprint density at radius 1 is 1.38 bits per heavy atom. The average Bonchev–Trinajstić information content (AvgIpc) is 3.36. The molecule has 0 bridgehead atoms. The van der Waals surface area contributed by atoms with Gasteiger partial charge in [-0.2, -0.15) is 0 Å². The van der Waals surface area contributed by atoms with Crippen molar-refractivity contribution in [3.63, 3.8) is 0 Å². The molecule has 1 saturated heterocycles. The molecule has 0 radical (unpaired) electrons. The van der Waals surface area contributed by atoms with Crippen molar-refractivity contribution in [1.29, 1.82) is 0 Å². The molecule has 2 heterocycles. The number of hydrogen-bond acceptors (Lipinski definition) is 7. The van der Waals surface area contributed by atoms with Crippen LogP contribution in [0.4, 0.5) is 0 Å². The highest BCUT2D eigenvalue weighted by Gasteiger charge is 2.38. The van der Waals surface area contributed by atoms with Gasteiger partial charge in [0.1, 0.15) is 18.1 Å². The number of aliphatic hydroxyl groups excluding tert-OH is 1. The number of aliphatic carboxylic acids is 1. The monoisotopic (exact) mass is 410 g/mol. The molecule has 1 fully saturated rings. The van der Waals surface area contributed by atoms with Crippen LogP contribution in [0.15, 0.2) is 12.5 Å².